The van der Waals surface area contributed by atoms with Gasteiger partial charge in [-0.15, -0.1) is 0 Å². The maximum Gasteiger partial charge on any atom is 0.0542 e. The Hall–Kier alpha value is -13.2. The van der Waals surface area contributed by atoms with Crippen LogP contribution in [0.3, 0.4) is 0 Å². The largest absolute Gasteiger partial charge is 0.310 e. The Labute approximate surface area is 605 Å². The van der Waals surface area contributed by atoms with Gasteiger partial charge in [0.25, 0.3) is 0 Å². The zero-order valence-electron chi connectivity index (χ0n) is 58.2. The Kier molecular flexibility index (Phi) is 14.8. The number of nitrogens with zero attached hydrogens (tertiary/aromatic N) is 7. The van der Waals surface area contributed by atoms with E-state index >= 15 is 0 Å². The van der Waals surface area contributed by atoms with E-state index < -0.39 is 0 Å². The minimum absolute atomic E-state index is 0.117. The van der Waals surface area contributed by atoms with Crippen molar-refractivity contribution in [2.75, 3.05) is 9.80 Å². The second-order valence-corrected chi connectivity index (χ2v) is 28.4. The lowest BCUT2D eigenvalue weighted by Crippen LogP contribution is -2.16. The van der Waals surface area contributed by atoms with Gasteiger partial charge < -0.3 is 18.9 Å². The number of hydrogen-bond donors (Lipinski definition) is 0. The summed E-state index contributed by atoms with van der Waals surface area (Å²) >= 11 is 0. The molecule has 0 spiro atoms. The summed E-state index contributed by atoms with van der Waals surface area (Å²) in [6.45, 7) is 9.41. The smallest absolute Gasteiger partial charge is 0.0542 e. The number of rotatable bonds is 11. The fourth-order valence-electron chi connectivity index (χ4n) is 16.8. The summed E-state index contributed by atoms with van der Waals surface area (Å²) in [4.78, 5) is 18.2. The number of pyridine rings is 3. The van der Waals surface area contributed by atoms with Crippen LogP contribution < -0.4 is 9.80 Å². The first kappa shape index (κ1) is 61.8. The molecule has 5 aromatic heterocycles. The van der Waals surface area contributed by atoms with Gasteiger partial charge in [-0.25, -0.2) is 0 Å². The maximum atomic E-state index is 4.49. The minimum Gasteiger partial charge on any atom is -0.310 e. The van der Waals surface area contributed by atoms with Crippen molar-refractivity contribution in [2.45, 2.75) is 38.5 Å². The molecule has 0 fully saturated rings. The van der Waals surface area contributed by atoms with Gasteiger partial charge in [-0.1, -0.05) is 204 Å². The molecule has 0 aliphatic heterocycles. The zero-order chi connectivity index (χ0) is 69.6. The molecule has 0 N–H and O–H groups in total. The van der Waals surface area contributed by atoms with Crippen molar-refractivity contribution in [3.8, 4) is 67.0 Å². The lowest BCUT2D eigenvalue weighted by atomic mass is 9.82. The summed E-state index contributed by atoms with van der Waals surface area (Å²) in [7, 11) is 0. The average molecular weight is 1330 g/mol. The lowest BCUT2D eigenvalue weighted by molar-refractivity contribution is 0.660. The van der Waals surface area contributed by atoms with Gasteiger partial charge in [0.15, 0.2) is 0 Å². The van der Waals surface area contributed by atoms with Crippen molar-refractivity contribution in [1.82, 2.24) is 24.1 Å². The molecule has 7 nitrogen and oxygen atoms in total. The summed E-state index contributed by atoms with van der Waals surface area (Å²) in [6, 6.07) is 117. The van der Waals surface area contributed by atoms with Crippen LogP contribution in [0.4, 0.5) is 34.1 Å². The van der Waals surface area contributed by atoms with Crippen LogP contribution >= 0.6 is 0 Å². The Morgan fingerprint density at radius 3 is 1.17 bits per heavy atom. The van der Waals surface area contributed by atoms with Gasteiger partial charge in [0, 0.05) is 126 Å². The van der Waals surface area contributed by atoms with Crippen molar-refractivity contribution in [2.24, 2.45) is 0 Å². The highest BCUT2D eigenvalue weighted by molar-refractivity contribution is 6.13. The van der Waals surface area contributed by atoms with Crippen molar-refractivity contribution in [3.05, 3.63) is 381 Å². The molecular formula is C97H71N7. The molecule has 104 heavy (non-hydrogen) atoms. The molecule has 5 heterocycles. The van der Waals surface area contributed by atoms with Gasteiger partial charge >= 0.3 is 0 Å². The van der Waals surface area contributed by atoms with E-state index in [-0.39, 0.29) is 10.8 Å². The van der Waals surface area contributed by atoms with Gasteiger partial charge in [-0.2, -0.15) is 0 Å². The van der Waals surface area contributed by atoms with Crippen LogP contribution in [0.2, 0.25) is 0 Å². The summed E-state index contributed by atoms with van der Waals surface area (Å²) in [5, 5.41) is 7.30. The van der Waals surface area contributed by atoms with Crippen LogP contribution in [0.5, 0.6) is 0 Å². The maximum absolute atomic E-state index is 4.49. The summed E-state index contributed by atoms with van der Waals surface area (Å²) in [5.41, 5.74) is 30.8. The fourth-order valence-corrected chi connectivity index (χ4v) is 16.8. The number of benzene rings is 13. The van der Waals surface area contributed by atoms with E-state index in [9.17, 15) is 0 Å². The Bertz CT molecular complexity index is 6300. The Morgan fingerprint density at radius 2 is 0.654 bits per heavy atom. The molecule has 18 aromatic rings. The molecule has 7 heteroatoms. The molecule has 20 rings (SSSR count). The molecule has 494 valence electrons. The SMILES string of the molecule is CC1(C)c2ccccc2-c2ccc(N(c3cc(-c4cccnc4)cc(-c4cccnc4)c3)c3ccc4c(c3)c3ccccc3n4-c3ccccc3)cc21.CC1(C)c2ccccc2-c2ccc(N(c3ccc4c(c3)c3ccccc3n4-c3ccccc3)c3ccc(-c4ccncc4)c4ccccc34)cc21. The molecule has 0 amide bonds. The molecular weight excluding hydrogens is 1260 g/mol. The molecule has 0 radical (unpaired) electrons. The topological polar surface area (TPSA) is 55.0 Å². The van der Waals surface area contributed by atoms with Gasteiger partial charge in [-0.3, -0.25) is 15.0 Å². The van der Waals surface area contributed by atoms with Crippen molar-refractivity contribution >= 4 is 88.5 Å². The zero-order valence-corrected chi connectivity index (χ0v) is 58.2. The van der Waals surface area contributed by atoms with Gasteiger partial charge in [-0.05, 0) is 218 Å². The van der Waals surface area contributed by atoms with Gasteiger partial charge in [0.2, 0.25) is 0 Å². The highest BCUT2D eigenvalue weighted by Crippen LogP contribution is 2.54. The average Bonchev–Trinajstić information content (AvgIpc) is 1.64. The van der Waals surface area contributed by atoms with Crippen LogP contribution in [0, 0.1) is 0 Å². The predicted molar refractivity (Wildman–Crippen MR) is 433 cm³/mol. The van der Waals surface area contributed by atoms with Crippen molar-refractivity contribution in [3.63, 3.8) is 0 Å². The van der Waals surface area contributed by atoms with Crippen LogP contribution in [-0.4, -0.2) is 24.1 Å². The first-order chi connectivity index (χ1) is 51.1. The lowest BCUT2D eigenvalue weighted by Gasteiger charge is -2.29. The summed E-state index contributed by atoms with van der Waals surface area (Å²) in [5.74, 6) is 0. The third-order valence-electron chi connectivity index (χ3n) is 21.8. The molecule has 0 bridgehead atoms. The van der Waals surface area contributed by atoms with Gasteiger partial charge in [0.1, 0.15) is 0 Å². The van der Waals surface area contributed by atoms with E-state index in [1.807, 2.05) is 49.3 Å². The Balaban J connectivity index is 0.000000143. The number of aromatic nitrogens is 5. The van der Waals surface area contributed by atoms with Crippen molar-refractivity contribution < 1.29 is 0 Å². The number of hydrogen-bond acceptors (Lipinski definition) is 5. The second-order valence-electron chi connectivity index (χ2n) is 28.4. The van der Waals surface area contributed by atoms with Crippen LogP contribution in [0.25, 0.3) is 121 Å². The van der Waals surface area contributed by atoms with E-state index in [0.717, 1.165) is 73.3 Å². The van der Waals surface area contributed by atoms with E-state index in [1.54, 1.807) is 0 Å². The molecule has 0 saturated heterocycles. The molecule has 13 aromatic carbocycles. The van der Waals surface area contributed by atoms with E-state index in [0.29, 0.717) is 0 Å². The first-order valence-corrected chi connectivity index (χ1v) is 35.8. The first-order valence-electron chi connectivity index (χ1n) is 35.8. The minimum atomic E-state index is -0.140. The third-order valence-corrected chi connectivity index (χ3v) is 21.8. The second kappa shape index (κ2) is 24.8. The normalized spacial score (nSPS) is 13.0. The summed E-state index contributed by atoms with van der Waals surface area (Å²) in [6.07, 6.45) is 11.3. The Morgan fingerprint density at radius 1 is 0.240 bits per heavy atom. The number of anilines is 6. The quantitative estimate of drug-likeness (QED) is 0.129. The van der Waals surface area contributed by atoms with E-state index in [1.165, 1.54) is 104 Å². The molecule has 0 atom stereocenters. The standard InChI is InChI=1S/C49H36N4.C48H35N3/c1-49(2)45-18-8-6-16-41(45)42-22-20-39(30-46(42)49)52(40-27-35(33-12-10-24-50-31-33)26-36(28-40)34-13-11-25-51-32-34)38-21-23-48-44(29-38)43-17-7-9-19-47(43)53(48)37-14-4-3-5-15-37;1-48(2)43-18-10-8-15-38(43)39-22-20-35(31-44(39)48)50(46-25-23-36(32-26-28-49-29-27-32)37-14-6-7-16-40(37)46)34-21-24-47-42(30-34)41-17-9-11-19-45(41)51(47)33-12-4-3-5-13-33/h3-32H,1-2H3;3-31H,1-2H3. The monoisotopic (exact) mass is 1330 g/mol. The van der Waals surface area contributed by atoms with Crippen LogP contribution in [0.1, 0.15) is 49.9 Å². The molecule has 0 saturated carbocycles. The molecule has 2 aliphatic rings. The van der Waals surface area contributed by atoms with Crippen molar-refractivity contribution in [1.29, 1.82) is 0 Å². The van der Waals surface area contributed by atoms with E-state index in [4.69, 9.17) is 0 Å². The highest BCUT2D eigenvalue weighted by atomic mass is 15.2. The fraction of sp³-hybridized carbons (Fsp3) is 0.0619. The molecule has 0 unspecified atom stereocenters. The van der Waals surface area contributed by atoms with Crippen LogP contribution in [-0.2, 0) is 10.8 Å². The third kappa shape index (κ3) is 10.2. The van der Waals surface area contributed by atoms with E-state index in [2.05, 4.69) is 371 Å². The van der Waals surface area contributed by atoms with Gasteiger partial charge in [0.05, 0.1) is 27.8 Å². The highest BCUT2D eigenvalue weighted by Gasteiger charge is 2.38. The number of fused-ring (bicyclic) bond motifs is 13. The molecule has 2 aliphatic carbocycles. The summed E-state index contributed by atoms with van der Waals surface area (Å²) < 4.78 is 4.75. The predicted octanol–water partition coefficient (Wildman–Crippen LogP) is 25.5. The number of para-hydroxylation sites is 4. The van der Waals surface area contributed by atoms with Crippen LogP contribution in [0.15, 0.2) is 359 Å².